The van der Waals surface area contributed by atoms with Gasteiger partial charge in [-0.2, -0.15) is 14.0 Å². The summed E-state index contributed by atoms with van der Waals surface area (Å²) < 4.78 is 35.6. The normalized spacial score (nSPS) is 14.3. The van der Waals surface area contributed by atoms with E-state index in [0.29, 0.717) is 11.4 Å². The number of aromatic amines is 1. The van der Waals surface area contributed by atoms with Crippen molar-refractivity contribution in [2.45, 2.75) is 45.5 Å². The number of rotatable bonds is 10. The van der Waals surface area contributed by atoms with Crippen LogP contribution in [0.15, 0.2) is 48.5 Å². The highest BCUT2D eigenvalue weighted by molar-refractivity contribution is 5.85. The highest BCUT2D eigenvalue weighted by atomic mass is 19.3. The van der Waals surface area contributed by atoms with Gasteiger partial charge in [-0.05, 0) is 34.4 Å². The number of nitrogens with two attached hydrogens (primary N) is 1. The van der Waals surface area contributed by atoms with Crippen molar-refractivity contribution >= 4 is 5.91 Å². The Bertz CT molecular complexity index is 1030. The Morgan fingerprint density at radius 1 is 1.16 bits per heavy atom. The van der Waals surface area contributed by atoms with Gasteiger partial charge in [0.2, 0.25) is 5.82 Å². The molecule has 0 saturated carbocycles. The Morgan fingerprint density at radius 3 is 2.44 bits per heavy atom. The highest BCUT2D eigenvalue weighted by Gasteiger charge is 2.47. The number of carbonyl (C=O) groups excluding carboxylic acids is 1. The fourth-order valence-corrected chi connectivity index (χ4v) is 3.83. The van der Waals surface area contributed by atoms with E-state index < -0.39 is 24.0 Å². The van der Waals surface area contributed by atoms with E-state index in [1.54, 1.807) is 12.1 Å². The van der Waals surface area contributed by atoms with E-state index in [4.69, 9.17) is 10.5 Å². The third-order valence-corrected chi connectivity index (χ3v) is 5.50. The number of alkyl halides is 2. The average Bonchev–Trinajstić information content (AvgIpc) is 3.28. The van der Waals surface area contributed by atoms with E-state index >= 15 is 0 Å². The van der Waals surface area contributed by atoms with Gasteiger partial charge in [-0.15, -0.1) is 10.2 Å². The van der Waals surface area contributed by atoms with Crippen molar-refractivity contribution in [3.05, 3.63) is 59.7 Å². The zero-order valence-corrected chi connectivity index (χ0v) is 18.0. The number of amides is 1. The van der Waals surface area contributed by atoms with Crippen LogP contribution in [0.4, 0.5) is 8.78 Å². The maximum atomic E-state index is 12.7. The number of nitrogens with zero attached hydrogens (tertiary/aromatic N) is 3. The monoisotopic (exact) mass is 445 g/mol. The summed E-state index contributed by atoms with van der Waals surface area (Å²) in [6, 6.07) is 13.5. The maximum absolute atomic E-state index is 12.7. The predicted octanol–water partition coefficient (Wildman–Crippen LogP) is 3.67. The molecule has 3 N–H and O–H groups in total. The van der Waals surface area contributed by atoms with E-state index in [2.05, 4.69) is 25.4 Å². The number of tetrazole rings is 1. The molecule has 1 unspecified atom stereocenters. The Hall–Kier alpha value is -3.40. The molecule has 10 heteroatoms. The summed E-state index contributed by atoms with van der Waals surface area (Å²) in [5, 5.41) is 13.9. The standard InChI is InChI=1S/C22H25F2N5O3/c1-13(2)22(20(25)30,31-12-15-5-4-6-18(11-15)32-21(23)24)14(3)16-7-9-17(10-8-16)19-26-28-29-27-19/h4-11,13-14,21H,12H2,1-3H3,(H2,25,30)(H,26,27,28,29)/t14-,22?/m0/s1. The Labute approximate surface area is 184 Å². The molecular formula is C22H25F2N5O3. The molecule has 32 heavy (non-hydrogen) atoms. The topological polar surface area (TPSA) is 116 Å². The van der Waals surface area contributed by atoms with Gasteiger partial charge >= 0.3 is 6.61 Å². The molecule has 0 bridgehead atoms. The molecule has 0 aliphatic rings. The fraction of sp³-hybridized carbons (Fsp3) is 0.364. The minimum absolute atomic E-state index is 0.00710. The van der Waals surface area contributed by atoms with Gasteiger partial charge in [0.15, 0.2) is 5.60 Å². The van der Waals surface area contributed by atoms with Gasteiger partial charge in [0.05, 0.1) is 6.61 Å². The van der Waals surface area contributed by atoms with E-state index in [1.165, 1.54) is 12.1 Å². The van der Waals surface area contributed by atoms with Gasteiger partial charge in [0.25, 0.3) is 5.91 Å². The summed E-state index contributed by atoms with van der Waals surface area (Å²) in [6.07, 6.45) is 0. The average molecular weight is 445 g/mol. The number of H-pyrrole nitrogens is 1. The molecule has 2 aromatic carbocycles. The minimum Gasteiger partial charge on any atom is -0.435 e. The first-order chi connectivity index (χ1) is 15.2. The molecule has 1 aromatic heterocycles. The van der Waals surface area contributed by atoms with Crippen LogP contribution < -0.4 is 10.5 Å². The van der Waals surface area contributed by atoms with E-state index in [-0.39, 0.29) is 18.3 Å². The van der Waals surface area contributed by atoms with Crippen molar-refractivity contribution in [1.29, 1.82) is 0 Å². The lowest BCUT2D eigenvalue weighted by Crippen LogP contribution is -2.54. The smallest absolute Gasteiger partial charge is 0.387 e. The molecule has 0 fully saturated rings. The van der Waals surface area contributed by atoms with Crippen LogP contribution in [0.25, 0.3) is 11.4 Å². The number of primary amides is 1. The van der Waals surface area contributed by atoms with Gasteiger partial charge in [0, 0.05) is 11.5 Å². The van der Waals surface area contributed by atoms with Crippen molar-refractivity contribution in [3.8, 4) is 17.1 Å². The van der Waals surface area contributed by atoms with Gasteiger partial charge < -0.3 is 15.2 Å². The molecule has 2 atom stereocenters. The van der Waals surface area contributed by atoms with Crippen LogP contribution in [0.5, 0.6) is 5.75 Å². The first kappa shape index (κ1) is 23.3. The Balaban J connectivity index is 1.86. The molecule has 3 aromatic rings. The van der Waals surface area contributed by atoms with Crippen molar-refractivity contribution in [2.24, 2.45) is 11.7 Å². The molecule has 1 amide bonds. The van der Waals surface area contributed by atoms with Gasteiger partial charge in [-0.25, -0.2) is 0 Å². The SMILES string of the molecule is CC(C)C(OCc1cccc(OC(F)F)c1)(C(N)=O)[C@@H](C)c1ccc(-c2nn[nH]n2)cc1. The zero-order valence-electron chi connectivity index (χ0n) is 18.0. The summed E-state index contributed by atoms with van der Waals surface area (Å²) in [7, 11) is 0. The summed E-state index contributed by atoms with van der Waals surface area (Å²) in [4.78, 5) is 12.7. The van der Waals surface area contributed by atoms with E-state index in [9.17, 15) is 13.6 Å². The van der Waals surface area contributed by atoms with Crippen LogP contribution in [-0.4, -0.2) is 38.7 Å². The van der Waals surface area contributed by atoms with Crippen LogP contribution in [0.3, 0.4) is 0 Å². The third-order valence-electron chi connectivity index (χ3n) is 5.50. The van der Waals surface area contributed by atoms with Crippen LogP contribution in [0.2, 0.25) is 0 Å². The Morgan fingerprint density at radius 2 is 1.88 bits per heavy atom. The summed E-state index contributed by atoms with van der Waals surface area (Å²) in [5.74, 6) is -0.814. The molecule has 3 rings (SSSR count). The quantitative estimate of drug-likeness (QED) is 0.492. The van der Waals surface area contributed by atoms with Crippen LogP contribution >= 0.6 is 0 Å². The van der Waals surface area contributed by atoms with E-state index in [1.807, 2.05) is 45.0 Å². The van der Waals surface area contributed by atoms with Crippen molar-refractivity contribution in [2.75, 3.05) is 0 Å². The lowest BCUT2D eigenvalue weighted by atomic mass is 9.75. The van der Waals surface area contributed by atoms with Crippen LogP contribution in [0, 0.1) is 5.92 Å². The number of hydrogen-bond acceptors (Lipinski definition) is 6. The van der Waals surface area contributed by atoms with Crippen LogP contribution in [0.1, 0.15) is 37.8 Å². The molecule has 8 nitrogen and oxygen atoms in total. The molecule has 0 saturated heterocycles. The first-order valence-corrected chi connectivity index (χ1v) is 10.1. The number of aromatic nitrogens is 4. The van der Waals surface area contributed by atoms with Crippen LogP contribution in [-0.2, 0) is 16.1 Å². The fourth-order valence-electron chi connectivity index (χ4n) is 3.83. The molecule has 0 radical (unpaired) electrons. The van der Waals surface area contributed by atoms with Gasteiger partial charge in [-0.3, -0.25) is 4.79 Å². The highest BCUT2D eigenvalue weighted by Crippen LogP contribution is 2.39. The van der Waals surface area contributed by atoms with Crippen molar-refractivity contribution in [1.82, 2.24) is 20.6 Å². The summed E-state index contributed by atoms with van der Waals surface area (Å²) in [5.41, 5.74) is 6.69. The number of halogens is 2. The number of benzene rings is 2. The third kappa shape index (κ3) is 4.91. The number of nitrogens with one attached hydrogen (secondary N) is 1. The predicted molar refractivity (Wildman–Crippen MR) is 113 cm³/mol. The minimum atomic E-state index is -2.93. The number of carbonyl (C=O) groups is 1. The van der Waals surface area contributed by atoms with Gasteiger partial charge in [-0.1, -0.05) is 57.2 Å². The second kappa shape index (κ2) is 9.82. The van der Waals surface area contributed by atoms with Gasteiger partial charge in [0.1, 0.15) is 5.75 Å². The molecule has 0 spiro atoms. The number of ether oxygens (including phenoxy) is 2. The lowest BCUT2D eigenvalue weighted by molar-refractivity contribution is -0.157. The maximum Gasteiger partial charge on any atom is 0.387 e. The largest absolute Gasteiger partial charge is 0.435 e. The molecule has 170 valence electrons. The molecule has 1 heterocycles. The van der Waals surface area contributed by atoms with Crippen molar-refractivity contribution in [3.63, 3.8) is 0 Å². The lowest BCUT2D eigenvalue weighted by Gasteiger charge is -2.40. The molecule has 0 aliphatic carbocycles. The van der Waals surface area contributed by atoms with Crippen molar-refractivity contribution < 1.29 is 23.0 Å². The second-order valence-electron chi connectivity index (χ2n) is 7.71. The Kier molecular flexibility index (Phi) is 7.14. The summed E-state index contributed by atoms with van der Waals surface area (Å²) >= 11 is 0. The molecule has 0 aliphatic heterocycles. The summed E-state index contributed by atoms with van der Waals surface area (Å²) in [6.45, 7) is 2.63. The second-order valence-corrected chi connectivity index (χ2v) is 7.71. The zero-order chi connectivity index (χ0) is 23.3. The number of hydrogen-bond donors (Lipinski definition) is 2. The first-order valence-electron chi connectivity index (χ1n) is 10.1. The molecular weight excluding hydrogens is 420 g/mol. The van der Waals surface area contributed by atoms with E-state index in [0.717, 1.165) is 11.1 Å².